The van der Waals surface area contributed by atoms with Crippen LogP contribution in [0.3, 0.4) is 0 Å². The minimum atomic E-state index is -0.140. The molecule has 0 spiro atoms. The average Bonchev–Trinajstić information content (AvgIpc) is 3.24. The van der Waals surface area contributed by atoms with Crippen molar-refractivity contribution in [3.8, 4) is 0 Å². The van der Waals surface area contributed by atoms with Gasteiger partial charge in [-0.25, -0.2) is 0 Å². The number of halogens is 2. The highest BCUT2D eigenvalue weighted by molar-refractivity contribution is 6.42. The van der Waals surface area contributed by atoms with Gasteiger partial charge in [0.1, 0.15) is 5.78 Å². The molecule has 0 radical (unpaired) electrons. The largest absolute Gasteiger partial charge is 0.315 e. The van der Waals surface area contributed by atoms with Crippen molar-refractivity contribution in [2.45, 2.75) is 39.5 Å². The molecule has 1 unspecified atom stereocenters. The highest BCUT2D eigenvalue weighted by Crippen LogP contribution is 2.29. The Balaban J connectivity index is 0.000000956. The van der Waals surface area contributed by atoms with E-state index >= 15 is 0 Å². The number of benzene rings is 1. The SMILES string of the molecule is CC.CC(=O)C(CNCC1CC1)c1ccc(Cl)c(Cl)c1. The Morgan fingerprint density at radius 2 is 1.95 bits per heavy atom. The van der Waals surface area contributed by atoms with Gasteiger partial charge in [0.15, 0.2) is 0 Å². The van der Waals surface area contributed by atoms with Gasteiger partial charge >= 0.3 is 0 Å². The van der Waals surface area contributed by atoms with Crippen molar-refractivity contribution < 1.29 is 4.79 Å². The molecule has 0 bridgehead atoms. The molecular formula is C16H23Cl2NO. The first-order valence-electron chi connectivity index (χ1n) is 7.24. The molecule has 1 aliphatic carbocycles. The summed E-state index contributed by atoms with van der Waals surface area (Å²) < 4.78 is 0. The van der Waals surface area contributed by atoms with Gasteiger partial charge in [0.25, 0.3) is 0 Å². The van der Waals surface area contributed by atoms with Crippen LogP contribution in [0.15, 0.2) is 18.2 Å². The van der Waals surface area contributed by atoms with E-state index in [2.05, 4.69) is 5.32 Å². The summed E-state index contributed by atoms with van der Waals surface area (Å²) >= 11 is 11.9. The summed E-state index contributed by atoms with van der Waals surface area (Å²) in [5.74, 6) is 0.821. The van der Waals surface area contributed by atoms with Gasteiger partial charge in [0, 0.05) is 6.54 Å². The second-order valence-corrected chi connectivity index (χ2v) is 5.75. The minimum absolute atomic E-state index is 0.140. The van der Waals surface area contributed by atoms with Crippen LogP contribution in [-0.2, 0) is 4.79 Å². The zero-order chi connectivity index (χ0) is 15.1. The fraction of sp³-hybridized carbons (Fsp3) is 0.562. The van der Waals surface area contributed by atoms with E-state index in [1.165, 1.54) is 12.8 Å². The van der Waals surface area contributed by atoms with Gasteiger partial charge < -0.3 is 5.32 Å². The smallest absolute Gasteiger partial charge is 0.138 e. The zero-order valence-electron chi connectivity index (χ0n) is 12.4. The molecule has 0 aromatic heterocycles. The van der Waals surface area contributed by atoms with Crippen LogP contribution in [0.5, 0.6) is 0 Å². The lowest BCUT2D eigenvalue weighted by molar-refractivity contribution is -0.118. The van der Waals surface area contributed by atoms with E-state index in [1.807, 2.05) is 19.9 Å². The lowest BCUT2D eigenvalue weighted by atomic mass is 9.95. The van der Waals surface area contributed by atoms with Gasteiger partial charge in [0.05, 0.1) is 16.0 Å². The highest BCUT2D eigenvalue weighted by atomic mass is 35.5. The molecule has 0 heterocycles. The van der Waals surface area contributed by atoms with Crippen LogP contribution in [-0.4, -0.2) is 18.9 Å². The van der Waals surface area contributed by atoms with Gasteiger partial charge in [-0.15, -0.1) is 0 Å². The molecule has 2 nitrogen and oxygen atoms in total. The van der Waals surface area contributed by atoms with Gasteiger partial charge in [-0.05, 0) is 49.9 Å². The molecule has 0 aliphatic heterocycles. The van der Waals surface area contributed by atoms with E-state index in [9.17, 15) is 4.79 Å². The highest BCUT2D eigenvalue weighted by Gasteiger charge is 2.22. The Bertz CT molecular complexity index is 444. The molecule has 1 aliphatic rings. The van der Waals surface area contributed by atoms with Crippen LogP contribution in [0.2, 0.25) is 10.0 Å². The molecule has 1 N–H and O–H groups in total. The Morgan fingerprint density at radius 1 is 1.30 bits per heavy atom. The second-order valence-electron chi connectivity index (χ2n) is 4.94. The second kappa shape index (κ2) is 8.66. The first kappa shape index (κ1) is 17.5. The molecule has 112 valence electrons. The predicted molar refractivity (Wildman–Crippen MR) is 86.8 cm³/mol. The molecular weight excluding hydrogens is 293 g/mol. The quantitative estimate of drug-likeness (QED) is 0.825. The standard InChI is InChI=1S/C14H17Cl2NO.C2H6/c1-9(18)12(8-17-7-10-2-3-10)11-4-5-13(15)14(16)6-11;1-2/h4-6,10,12,17H,2-3,7-8H2,1H3;1-2H3. The monoisotopic (exact) mass is 315 g/mol. The van der Waals surface area contributed by atoms with Crippen molar-refractivity contribution in [3.63, 3.8) is 0 Å². The number of hydrogen-bond acceptors (Lipinski definition) is 2. The first-order valence-corrected chi connectivity index (χ1v) is 7.99. The Kier molecular flexibility index (Phi) is 7.57. The minimum Gasteiger partial charge on any atom is -0.315 e. The summed E-state index contributed by atoms with van der Waals surface area (Å²) in [5, 5.41) is 4.39. The van der Waals surface area contributed by atoms with Gasteiger partial charge in [0.2, 0.25) is 0 Å². The average molecular weight is 316 g/mol. The van der Waals surface area contributed by atoms with E-state index in [4.69, 9.17) is 23.2 Å². The third-order valence-corrected chi connectivity index (χ3v) is 4.05. The van der Waals surface area contributed by atoms with Crippen molar-refractivity contribution in [2.75, 3.05) is 13.1 Å². The van der Waals surface area contributed by atoms with Crippen molar-refractivity contribution in [2.24, 2.45) is 5.92 Å². The van der Waals surface area contributed by atoms with Crippen molar-refractivity contribution in [3.05, 3.63) is 33.8 Å². The number of ketones is 1. The molecule has 1 saturated carbocycles. The summed E-state index contributed by atoms with van der Waals surface area (Å²) in [7, 11) is 0. The Hall–Kier alpha value is -0.570. The van der Waals surface area contributed by atoms with Crippen molar-refractivity contribution >= 4 is 29.0 Å². The lowest BCUT2D eigenvalue weighted by Gasteiger charge is -2.15. The molecule has 20 heavy (non-hydrogen) atoms. The van der Waals surface area contributed by atoms with Crippen molar-refractivity contribution in [1.29, 1.82) is 0 Å². The summed E-state index contributed by atoms with van der Waals surface area (Å²) in [6.45, 7) is 7.29. The molecule has 1 fully saturated rings. The predicted octanol–water partition coefficient (Wildman–Crippen LogP) is 4.69. The number of Topliss-reactive ketones (excluding diaryl/α,β-unsaturated/α-hetero) is 1. The first-order chi connectivity index (χ1) is 9.58. The summed E-state index contributed by atoms with van der Waals surface area (Å²) in [6.07, 6.45) is 2.62. The molecule has 0 saturated heterocycles. The fourth-order valence-electron chi connectivity index (χ4n) is 1.98. The Morgan fingerprint density at radius 3 is 2.45 bits per heavy atom. The molecule has 0 amide bonds. The maximum atomic E-state index is 11.7. The number of rotatable bonds is 6. The van der Waals surface area contributed by atoms with Crippen LogP contribution < -0.4 is 5.32 Å². The summed E-state index contributed by atoms with van der Waals surface area (Å²) in [6, 6.07) is 5.41. The molecule has 1 aromatic carbocycles. The van der Waals surface area contributed by atoms with Crippen LogP contribution in [0.4, 0.5) is 0 Å². The fourth-order valence-corrected chi connectivity index (χ4v) is 2.29. The zero-order valence-corrected chi connectivity index (χ0v) is 13.9. The van der Waals surface area contributed by atoms with Crippen LogP contribution in [0.25, 0.3) is 0 Å². The van der Waals surface area contributed by atoms with E-state index < -0.39 is 0 Å². The molecule has 2 rings (SSSR count). The summed E-state index contributed by atoms with van der Waals surface area (Å²) in [4.78, 5) is 11.7. The number of nitrogens with one attached hydrogen (secondary N) is 1. The maximum absolute atomic E-state index is 11.7. The number of carbonyl (C=O) groups is 1. The van der Waals surface area contributed by atoms with E-state index in [1.54, 1.807) is 19.1 Å². The Labute approximate surface area is 131 Å². The van der Waals surface area contributed by atoms with E-state index in [-0.39, 0.29) is 11.7 Å². The molecule has 4 heteroatoms. The number of carbonyl (C=O) groups excluding carboxylic acids is 1. The third-order valence-electron chi connectivity index (χ3n) is 3.32. The normalized spacial score (nSPS) is 15.2. The van der Waals surface area contributed by atoms with Gasteiger partial charge in [-0.3, -0.25) is 4.79 Å². The van der Waals surface area contributed by atoms with Crippen LogP contribution in [0.1, 0.15) is 45.1 Å². The third kappa shape index (κ3) is 5.43. The maximum Gasteiger partial charge on any atom is 0.138 e. The number of hydrogen-bond donors (Lipinski definition) is 1. The topological polar surface area (TPSA) is 29.1 Å². The molecule has 1 aromatic rings. The van der Waals surface area contributed by atoms with E-state index in [0.717, 1.165) is 18.0 Å². The summed E-state index contributed by atoms with van der Waals surface area (Å²) in [5.41, 5.74) is 0.931. The van der Waals surface area contributed by atoms with Gasteiger partial charge in [-0.2, -0.15) is 0 Å². The molecule has 1 atom stereocenters. The van der Waals surface area contributed by atoms with Crippen LogP contribution >= 0.6 is 23.2 Å². The van der Waals surface area contributed by atoms with Crippen molar-refractivity contribution in [1.82, 2.24) is 5.32 Å². The lowest BCUT2D eigenvalue weighted by Crippen LogP contribution is -2.27. The van der Waals surface area contributed by atoms with E-state index in [0.29, 0.717) is 16.6 Å². The van der Waals surface area contributed by atoms with Gasteiger partial charge in [-0.1, -0.05) is 43.1 Å². The van der Waals surface area contributed by atoms with Crippen LogP contribution in [0, 0.1) is 5.92 Å².